The summed E-state index contributed by atoms with van der Waals surface area (Å²) in [5.74, 6) is 0.945. The molecule has 0 aliphatic carbocycles. The van der Waals surface area contributed by atoms with Crippen molar-refractivity contribution in [3.05, 3.63) is 29.3 Å². The Morgan fingerprint density at radius 3 is 2.58 bits per heavy atom. The minimum Gasteiger partial charge on any atom is -0.299 e. The summed E-state index contributed by atoms with van der Waals surface area (Å²) in [6, 6.07) is 5.77. The standard InChI is InChI=1S/C15H19ClN4O3S3/c1-10(2)9-24-15-19-18-14(25-15)17-13(21)8-20(3)26(22,23)12-6-4-11(16)5-7-12/h4-7,10H,8-9H2,1-3H3,(H,17,18,21). The number of thioether (sulfide) groups is 1. The van der Waals surface area contributed by atoms with E-state index in [0.717, 1.165) is 14.4 Å². The molecule has 1 heterocycles. The van der Waals surface area contributed by atoms with Crippen LogP contribution in [0.2, 0.25) is 5.02 Å². The molecule has 2 aromatic rings. The Hall–Kier alpha value is -1.20. The van der Waals surface area contributed by atoms with E-state index in [4.69, 9.17) is 11.6 Å². The average Bonchev–Trinajstić information content (AvgIpc) is 3.00. The number of sulfonamides is 1. The van der Waals surface area contributed by atoms with Gasteiger partial charge in [0.2, 0.25) is 21.1 Å². The molecule has 0 unspecified atom stereocenters. The fourth-order valence-corrected chi connectivity index (χ4v) is 4.79. The summed E-state index contributed by atoms with van der Waals surface area (Å²) in [4.78, 5) is 12.2. The molecule has 0 saturated carbocycles. The van der Waals surface area contributed by atoms with Gasteiger partial charge < -0.3 is 0 Å². The Morgan fingerprint density at radius 2 is 1.96 bits per heavy atom. The molecule has 0 fully saturated rings. The Bertz CT molecular complexity index is 853. The van der Waals surface area contributed by atoms with Gasteiger partial charge in [0.05, 0.1) is 11.4 Å². The SMILES string of the molecule is CC(C)CSc1nnc(NC(=O)CN(C)S(=O)(=O)c2ccc(Cl)cc2)s1. The lowest BCUT2D eigenvalue weighted by molar-refractivity contribution is -0.116. The first-order chi connectivity index (χ1) is 12.2. The first-order valence-electron chi connectivity index (χ1n) is 7.66. The lowest BCUT2D eigenvalue weighted by Crippen LogP contribution is -2.34. The molecule has 1 amide bonds. The molecule has 142 valence electrons. The van der Waals surface area contributed by atoms with Gasteiger partial charge in [-0.05, 0) is 30.2 Å². The third-order valence-electron chi connectivity index (χ3n) is 3.08. The van der Waals surface area contributed by atoms with Crippen LogP contribution >= 0.6 is 34.7 Å². The molecule has 0 bridgehead atoms. The average molecular weight is 435 g/mol. The Morgan fingerprint density at radius 1 is 1.31 bits per heavy atom. The van der Waals surface area contributed by atoms with Crippen LogP contribution in [0.15, 0.2) is 33.5 Å². The number of benzene rings is 1. The third kappa shape index (κ3) is 5.92. The number of halogens is 1. The number of aromatic nitrogens is 2. The first kappa shape index (κ1) is 21.1. The largest absolute Gasteiger partial charge is 0.299 e. The highest BCUT2D eigenvalue weighted by atomic mass is 35.5. The molecule has 0 aliphatic rings. The van der Waals surface area contributed by atoms with Crippen molar-refractivity contribution in [1.29, 1.82) is 0 Å². The molecule has 0 atom stereocenters. The fraction of sp³-hybridized carbons (Fsp3) is 0.400. The first-order valence-corrected chi connectivity index (χ1v) is 11.3. The van der Waals surface area contributed by atoms with Crippen LogP contribution in [0.25, 0.3) is 0 Å². The number of hydrogen-bond donors (Lipinski definition) is 1. The van der Waals surface area contributed by atoms with Gasteiger partial charge in [-0.25, -0.2) is 8.42 Å². The summed E-state index contributed by atoms with van der Waals surface area (Å²) < 4.78 is 26.7. The van der Waals surface area contributed by atoms with Crippen LogP contribution in [0.3, 0.4) is 0 Å². The Balaban J connectivity index is 1.95. The van der Waals surface area contributed by atoms with Gasteiger partial charge in [-0.1, -0.05) is 48.5 Å². The maximum atomic E-state index is 12.5. The highest BCUT2D eigenvalue weighted by Crippen LogP contribution is 2.27. The van der Waals surface area contributed by atoms with E-state index in [0.29, 0.717) is 16.1 Å². The van der Waals surface area contributed by atoms with Gasteiger partial charge in [0, 0.05) is 17.8 Å². The van der Waals surface area contributed by atoms with E-state index in [1.54, 1.807) is 11.8 Å². The molecule has 0 radical (unpaired) electrons. The second-order valence-electron chi connectivity index (χ2n) is 5.84. The van der Waals surface area contributed by atoms with Crippen LogP contribution in [0.4, 0.5) is 5.13 Å². The van der Waals surface area contributed by atoms with Gasteiger partial charge in [-0.15, -0.1) is 10.2 Å². The predicted molar refractivity (Wildman–Crippen MR) is 105 cm³/mol. The zero-order chi connectivity index (χ0) is 19.3. The quantitative estimate of drug-likeness (QED) is 0.506. The van der Waals surface area contributed by atoms with Crippen molar-refractivity contribution in [3.63, 3.8) is 0 Å². The topological polar surface area (TPSA) is 92.3 Å². The minimum absolute atomic E-state index is 0.0699. The summed E-state index contributed by atoms with van der Waals surface area (Å²) in [6.45, 7) is 3.88. The molecule has 0 aliphatic heterocycles. The Labute approximate surface area is 166 Å². The van der Waals surface area contributed by atoms with Crippen molar-refractivity contribution in [3.8, 4) is 0 Å². The van der Waals surface area contributed by atoms with Crippen LogP contribution in [0, 0.1) is 5.92 Å². The number of hydrogen-bond acceptors (Lipinski definition) is 7. The minimum atomic E-state index is -3.78. The van der Waals surface area contributed by atoms with E-state index in [2.05, 4.69) is 29.4 Å². The van der Waals surface area contributed by atoms with E-state index < -0.39 is 15.9 Å². The summed E-state index contributed by atoms with van der Waals surface area (Å²) in [7, 11) is -2.44. The number of amides is 1. The normalized spacial score (nSPS) is 11.9. The van der Waals surface area contributed by atoms with Crippen LogP contribution in [0.1, 0.15) is 13.8 Å². The fourth-order valence-electron chi connectivity index (χ4n) is 1.79. The molecular formula is C15H19ClN4O3S3. The van der Waals surface area contributed by atoms with Crippen molar-refractivity contribution in [2.75, 3.05) is 24.7 Å². The van der Waals surface area contributed by atoms with Crippen molar-refractivity contribution in [2.45, 2.75) is 23.1 Å². The molecule has 11 heteroatoms. The van der Waals surface area contributed by atoms with E-state index in [1.807, 2.05) is 0 Å². The van der Waals surface area contributed by atoms with Crippen molar-refractivity contribution < 1.29 is 13.2 Å². The number of rotatable bonds is 8. The molecule has 7 nitrogen and oxygen atoms in total. The third-order valence-corrected chi connectivity index (χ3v) is 7.55. The van der Waals surface area contributed by atoms with Crippen molar-refractivity contribution >= 4 is 55.8 Å². The summed E-state index contributed by atoms with van der Waals surface area (Å²) in [5.41, 5.74) is 0. The van der Waals surface area contributed by atoms with E-state index in [-0.39, 0.29) is 11.4 Å². The summed E-state index contributed by atoms with van der Waals surface area (Å²) in [5, 5.41) is 11.3. The molecule has 26 heavy (non-hydrogen) atoms. The summed E-state index contributed by atoms with van der Waals surface area (Å²) >= 11 is 8.60. The monoisotopic (exact) mass is 434 g/mol. The maximum Gasteiger partial charge on any atom is 0.243 e. The number of carbonyl (C=O) groups excluding carboxylic acids is 1. The number of likely N-dealkylation sites (N-methyl/N-ethyl adjacent to an activating group) is 1. The highest BCUT2D eigenvalue weighted by molar-refractivity contribution is 8.01. The molecule has 2 rings (SSSR count). The molecule has 1 aromatic heterocycles. The van der Waals surface area contributed by atoms with E-state index >= 15 is 0 Å². The molecule has 1 aromatic carbocycles. The maximum absolute atomic E-state index is 12.5. The van der Waals surface area contributed by atoms with Crippen LogP contribution < -0.4 is 5.32 Å². The van der Waals surface area contributed by atoms with E-state index in [9.17, 15) is 13.2 Å². The smallest absolute Gasteiger partial charge is 0.243 e. The van der Waals surface area contributed by atoms with Crippen molar-refractivity contribution in [1.82, 2.24) is 14.5 Å². The second kappa shape index (κ2) is 9.14. The number of carbonyl (C=O) groups is 1. The van der Waals surface area contributed by atoms with Crippen LogP contribution in [-0.2, 0) is 14.8 Å². The highest BCUT2D eigenvalue weighted by Gasteiger charge is 2.23. The van der Waals surface area contributed by atoms with Gasteiger partial charge in [0.25, 0.3) is 0 Å². The number of nitrogens with one attached hydrogen (secondary N) is 1. The molecule has 0 saturated heterocycles. The number of anilines is 1. The lowest BCUT2D eigenvalue weighted by atomic mass is 10.3. The predicted octanol–water partition coefficient (Wildman–Crippen LogP) is 3.20. The van der Waals surface area contributed by atoms with Gasteiger partial charge in [-0.2, -0.15) is 4.31 Å². The zero-order valence-electron chi connectivity index (χ0n) is 14.5. The van der Waals surface area contributed by atoms with Gasteiger partial charge in [0.1, 0.15) is 0 Å². The molecule has 1 N–H and O–H groups in total. The van der Waals surface area contributed by atoms with Gasteiger partial charge >= 0.3 is 0 Å². The summed E-state index contributed by atoms with van der Waals surface area (Å²) in [6.07, 6.45) is 0. The van der Waals surface area contributed by atoms with Crippen LogP contribution in [-0.4, -0.2) is 48.2 Å². The van der Waals surface area contributed by atoms with Gasteiger partial charge in [0.15, 0.2) is 4.34 Å². The van der Waals surface area contributed by atoms with Crippen LogP contribution in [0.5, 0.6) is 0 Å². The van der Waals surface area contributed by atoms with Gasteiger partial charge in [-0.3, -0.25) is 10.1 Å². The Kier molecular flexibility index (Phi) is 7.42. The van der Waals surface area contributed by atoms with E-state index in [1.165, 1.54) is 42.6 Å². The molecule has 0 spiro atoms. The lowest BCUT2D eigenvalue weighted by Gasteiger charge is -2.16. The molecular weight excluding hydrogens is 416 g/mol. The second-order valence-corrected chi connectivity index (χ2v) is 10.6. The van der Waals surface area contributed by atoms with Crippen molar-refractivity contribution in [2.24, 2.45) is 5.92 Å². The zero-order valence-corrected chi connectivity index (χ0v) is 17.7. The number of nitrogens with zero attached hydrogens (tertiary/aromatic N) is 3.